The molecule has 0 spiro atoms. The lowest BCUT2D eigenvalue weighted by atomic mass is 10.1. The van der Waals surface area contributed by atoms with Crippen LogP contribution in [-0.4, -0.2) is 39.8 Å². The lowest BCUT2D eigenvalue weighted by molar-refractivity contribution is -0.116. The number of H-pyrrole nitrogens is 1. The van der Waals surface area contributed by atoms with Crippen molar-refractivity contribution in [3.8, 4) is 0 Å². The molecule has 2 amide bonds. The Morgan fingerprint density at radius 1 is 1.04 bits per heavy atom. The maximum atomic E-state index is 12.6. The van der Waals surface area contributed by atoms with E-state index in [9.17, 15) is 9.59 Å². The summed E-state index contributed by atoms with van der Waals surface area (Å²) in [6.45, 7) is 3.22. The molecule has 1 aromatic heterocycles. The van der Waals surface area contributed by atoms with Crippen LogP contribution in [0.5, 0.6) is 0 Å². The number of nitrogens with zero attached hydrogens (tertiary/aromatic N) is 2. The Balaban J connectivity index is 1.83. The molecule has 0 atom stereocenters. The number of hydrogen-bond donors (Lipinski definition) is 2. The van der Waals surface area contributed by atoms with Crippen LogP contribution in [0, 0.1) is 0 Å². The molecule has 0 fully saturated rings. The number of para-hydroxylation sites is 1. The Labute approximate surface area is 161 Å². The summed E-state index contributed by atoms with van der Waals surface area (Å²) in [5.74, 6) is 0.0758. The van der Waals surface area contributed by atoms with Crippen molar-refractivity contribution < 1.29 is 9.59 Å². The minimum absolute atomic E-state index is 0.0959. The quantitative estimate of drug-likeness (QED) is 0.549. The maximum absolute atomic E-state index is 12.6. The van der Waals surface area contributed by atoms with E-state index in [1.807, 2.05) is 30.3 Å². The van der Waals surface area contributed by atoms with E-state index in [-0.39, 0.29) is 18.2 Å². The van der Waals surface area contributed by atoms with Gasteiger partial charge in [0.2, 0.25) is 5.91 Å². The maximum Gasteiger partial charge on any atom is 0.289 e. The van der Waals surface area contributed by atoms with Crippen LogP contribution < -0.4 is 5.32 Å². The number of imidazole rings is 1. The largest absolute Gasteiger partial charge is 0.341 e. The fourth-order valence-corrected chi connectivity index (χ4v) is 2.91. The number of unbranched alkanes of at least 4 members (excludes halogenated alkanes) is 5. The van der Waals surface area contributed by atoms with Crippen LogP contribution >= 0.6 is 0 Å². The molecule has 0 radical (unpaired) electrons. The van der Waals surface area contributed by atoms with Crippen molar-refractivity contribution in [2.75, 3.05) is 18.4 Å². The Bertz CT molecular complexity index is 671. The Hall–Kier alpha value is -2.63. The fourth-order valence-electron chi connectivity index (χ4n) is 2.91. The summed E-state index contributed by atoms with van der Waals surface area (Å²) in [5, 5.41) is 2.86. The monoisotopic (exact) mass is 370 g/mol. The highest BCUT2D eigenvalue weighted by atomic mass is 16.2. The first-order valence-corrected chi connectivity index (χ1v) is 9.84. The molecule has 2 rings (SSSR count). The van der Waals surface area contributed by atoms with Crippen molar-refractivity contribution in [1.82, 2.24) is 14.9 Å². The second-order valence-corrected chi connectivity index (χ2v) is 6.66. The van der Waals surface area contributed by atoms with Crippen LogP contribution in [0.25, 0.3) is 0 Å². The van der Waals surface area contributed by atoms with Gasteiger partial charge in [-0.15, -0.1) is 0 Å². The topological polar surface area (TPSA) is 78.1 Å². The van der Waals surface area contributed by atoms with Crippen molar-refractivity contribution in [3.63, 3.8) is 0 Å². The highest BCUT2D eigenvalue weighted by Gasteiger charge is 2.18. The first kappa shape index (κ1) is 20.7. The van der Waals surface area contributed by atoms with Crippen LogP contribution in [0.15, 0.2) is 42.7 Å². The summed E-state index contributed by atoms with van der Waals surface area (Å²) in [6, 6.07) is 9.35. The zero-order valence-electron chi connectivity index (χ0n) is 16.1. The summed E-state index contributed by atoms with van der Waals surface area (Å²) >= 11 is 0. The number of hydrogen-bond acceptors (Lipinski definition) is 3. The van der Waals surface area contributed by atoms with Gasteiger partial charge < -0.3 is 15.2 Å². The summed E-state index contributed by atoms with van der Waals surface area (Å²) in [5.41, 5.74) is 0.766. The molecule has 146 valence electrons. The third-order valence-electron chi connectivity index (χ3n) is 4.44. The molecule has 1 aromatic carbocycles. The van der Waals surface area contributed by atoms with Crippen molar-refractivity contribution in [2.24, 2.45) is 0 Å². The molecule has 6 nitrogen and oxygen atoms in total. The highest BCUT2D eigenvalue weighted by Crippen LogP contribution is 2.10. The molecule has 0 unspecified atom stereocenters. The van der Waals surface area contributed by atoms with Gasteiger partial charge in [0.1, 0.15) is 0 Å². The highest BCUT2D eigenvalue weighted by molar-refractivity contribution is 5.93. The summed E-state index contributed by atoms with van der Waals surface area (Å²) < 4.78 is 0. The fraction of sp³-hybridized carbons (Fsp3) is 0.476. The molecule has 0 aliphatic heterocycles. The van der Waals surface area contributed by atoms with Crippen molar-refractivity contribution in [2.45, 2.75) is 51.9 Å². The minimum Gasteiger partial charge on any atom is -0.341 e. The molecule has 1 heterocycles. The van der Waals surface area contributed by atoms with Crippen LogP contribution in [-0.2, 0) is 4.79 Å². The zero-order chi connectivity index (χ0) is 19.3. The van der Waals surface area contributed by atoms with Crippen molar-refractivity contribution in [3.05, 3.63) is 48.5 Å². The van der Waals surface area contributed by atoms with E-state index >= 15 is 0 Å². The van der Waals surface area contributed by atoms with Gasteiger partial charge in [-0.1, -0.05) is 57.2 Å². The lowest BCUT2D eigenvalue weighted by Gasteiger charge is -2.21. The molecule has 0 bridgehead atoms. The van der Waals surface area contributed by atoms with E-state index in [4.69, 9.17) is 0 Å². The van der Waals surface area contributed by atoms with E-state index < -0.39 is 0 Å². The van der Waals surface area contributed by atoms with Gasteiger partial charge in [0.05, 0.1) is 0 Å². The number of carbonyl (C=O) groups excluding carboxylic acids is 2. The first-order chi connectivity index (χ1) is 13.2. The average molecular weight is 370 g/mol. The number of nitrogens with one attached hydrogen (secondary N) is 2. The standard InChI is InChI=1S/C21H30N4O2/c1-2-3-4-5-6-10-16-25(21(27)20-22-14-15-23-20)17-13-19(26)24-18-11-8-7-9-12-18/h7-9,11-12,14-15H,2-6,10,13,16-17H2,1H3,(H,22,23)(H,24,26). The smallest absolute Gasteiger partial charge is 0.289 e. The van der Waals surface area contributed by atoms with Crippen LogP contribution in [0.1, 0.15) is 62.5 Å². The molecule has 27 heavy (non-hydrogen) atoms. The molecule has 0 aliphatic rings. The van der Waals surface area contributed by atoms with Gasteiger partial charge in [0.25, 0.3) is 5.91 Å². The van der Waals surface area contributed by atoms with Crippen LogP contribution in [0.2, 0.25) is 0 Å². The van der Waals surface area contributed by atoms with Gasteiger partial charge in [0.15, 0.2) is 5.82 Å². The zero-order valence-corrected chi connectivity index (χ0v) is 16.1. The number of benzene rings is 1. The Kier molecular flexibility index (Phi) is 9.10. The minimum atomic E-state index is -0.152. The molecule has 2 aromatic rings. The molecule has 0 aliphatic carbocycles. The third kappa shape index (κ3) is 7.64. The molecule has 0 saturated carbocycles. The molecule has 0 saturated heterocycles. The number of aromatic amines is 1. The van der Waals surface area contributed by atoms with E-state index in [1.54, 1.807) is 17.3 Å². The van der Waals surface area contributed by atoms with E-state index in [0.717, 1.165) is 18.5 Å². The third-order valence-corrected chi connectivity index (χ3v) is 4.44. The molecular formula is C21H30N4O2. The Morgan fingerprint density at radius 2 is 1.78 bits per heavy atom. The van der Waals surface area contributed by atoms with Crippen molar-refractivity contribution in [1.29, 1.82) is 0 Å². The van der Waals surface area contributed by atoms with E-state index in [2.05, 4.69) is 22.2 Å². The summed E-state index contributed by atoms with van der Waals surface area (Å²) in [7, 11) is 0. The Morgan fingerprint density at radius 3 is 2.48 bits per heavy atom. The van der Waals surface area contributed by atoms with E-state index in [0.29, 0.717) is 18.9 Å². The van der Waals surface area contributed by atoms with Crippen LogP contribution in [0.4, 0.5) is 5.69 Å². The van der Waals surface area contributed by atoms with Crippen LogP contribution in [0.3, 0.4) is 0 Å². The van der Waals surface area contributed by atoms with Gasteiger partial charge in [-0.3, -0.25) is 9.59 Å². The number of carbonyl (C=O) groups is 2. The van der Waals surface area contributed by atoms with E-state index in [1.165, 1.54) is 25.7 Å². The SMILES string of the molecule is CCCCCCCCN(CCC(=O)Nc1ccccc1)C(=O)c1ncc[nH]1. The second kappa shape index (κ2) is 11.9. The van der Waals surface area contributed by atoms with Gasteiger partial charge in [-0.05, 0) is 18.6 Å². The molecule has 2 N–H and O–H groups in total. The normalized spacial score (nSPS) is 10.6. The predicted octanol–water partition coefficient (Wildman–Crippen LogP) is 4.24. The van der Waals surface area contributed by atoms with Gasteiger partial charge in [-0.2, -0.15) is 0 Å². The summed E-state index contributed by atoms with van der Waals surface area (Å²) in [6.07, 6.45) is 10.4. The first-order valence-electron chi connectivity index (χ1n) is 9.84. The molecular weight excluding hydrogens is 340 g/mol. The number of rotatable bonds is 12. The van der Waals surface area contributed by atoms with Gasteiger partial charge in [-0.25, -0.2) is 4.98 Å². The summed E-state index contributed by atoms with van der Waals surface area (Å²) in [4.78, 5) is 33.5. The van der Waals surface area contributed by atoms with Gasteiger partial charge >= 0.3 is 0 Å². The molecule has 6 heteroatoms. The number of anilines is 1. The number of aromatic nitrogens is 2. The van der Waals surface area contributed by atoms with Gasteiger partial charge in [0, 0.05) is 37.6 Å². The number of amides is 2. The second-order valence-electron chi connectivity index (χ2n) is 6.66. The average Bonchev–Trinajstić information content (AvgIpc) is 3.22. The predicted molar refractivity (Wildman–Crippen MR) is 108 cm³/mol. The van der Waals surface area contributed by atoms with Crippen molar-refractivity contribution >= 4 is 17.5 Å². The lowest BCUT2D eigenvalue weighted by Crippen LogP contribution is -2.35.